The third-order valence-corrected chi connectivity index (χ3v) is 3.86. The number of hydrogen-bond acceptors (Lipinski definition) is 1. The third-order valence-electron chi connectivity index (χ3n) is 3.86. The van der Waals surface area contributed by atoms with Gasteiger partial charge in [0.25, 0.3) is 0 Å². The molecule has 1 fully saturated rings. The van der Waals surface area contributed by atoms with Crippen molar-refractivity contribution in [2.45, 2.75) is 63.8 Å². The summed E-state index contributed by atoms with van der Waals surface area (Å²) < 4.78 is 0. The van der Waals surface area contributed by atoms with Crippen molar-refractivity contribution in [3.8, 4) is 0 Å². The van der Waals surface area contributed by atoms with Crippen molar-refractivity contribution in [1.29, 1.82) is 0 Å². The van der Waals surface area contributed by atoms with Gasteiger partial charge in [0.1, 0.15) is 0 Å². The van der Waals surface area contributed by atoms with E-state index in [0.717, 1.165) is 12.3 Å². The van der Waals surface area contributed by atoms with E-state index >= 15 is 0 Å². The fourth-order valence-corrected chi connectivity index (χ4v) is 2.91. The predicted octanol–water partition coefficient (Wildman–Crippen LogP) is 4.01. The summed E-state index contributed by atoms with van der Waals surface area (Å²) in [6.07, 6.45) is 9.43. The van der Waals surface area contributed by atoms with E-state index < -0.39 is 0 Å². The van der Waals surface area contributed by atoms with Gasteiger partial charge in [-0.2, -0.15) is 0 Å². The predicted molar refractivity (Wildman–Crippen MR) is 74.2 cm³/mol. The van der Waals surface area contributed by atoms with E-state index in [1.54, 1.807) is 5.56 Å². The van der Waals surface area contributed by atoms with E-state index in [0.29, 0.717) is 0 Å². The molecule has 1 saturated carbocycles. The van der Waals surface area contributed by atoms with Gasteiger partial charge in [0.2, 0.25) is 0 Å². The Kier molecular flexibility index (Phi) is 4.61. The first-order valence-electron chi connectivity index (χ1n) is 7.10. The standard InChI is InChI=1S/C16H25N/c1-13(17)12-14-8-10-16(11-9-14)15-6-4-2-3-5-7-15/h8-11,13,15H,2-7,12,17H2,1H3. The maximum Gasteiger partial charge on any atom is 0.00509 e. The molecule has 17 heavy (non-hydrogen) atoms. The summed E-state index contributed by atoms with van der Waals surface area (Å²) in [5.74, 6) is 0.807. The van der Waals surface area contributed by atoms with Crippen LogP contribution in [0.3, 0.4) is 0 Å². The summed E-state index contributed by atoms with van der Waals surface area (Å²) in [5.41, 5.74) is 8.74. The van der Waals surface area contributed by atoms with Crippen LogP contribution in [0.1, 0.15) is 62.5 Å². The number of benzene rings is 1. The Hall–Kier alpha value is -0.820. The van der Waals surface area contributed by atoms with Crippen LogP contribution >= 0.6 is 0 Å². The Labute approximate surface area is 105 Å². The minimum atomic E-state index is 0.263. The number of rotatable bonds is 3. The number of hydrogen-bond donors (Lipinski definition) is 1. The Morgan fingerprint density at radius 3 is 2.18 bits per heavy atom. The minimum Gasteiger partial charge on any atom is -0.328 e. The highest BCUT2D eigenvalue weighted by Crippen LogP contribution is 2.31. The van der Waals surface area contributed by atoms with Gasteiger partial charge in [-0.15, -0.1) is 0 Å². The molecule has 1 aliphatic carbocycles. The topological polar surface area (TPSA) is 26.0 Å². The van der Waals surface area contributed by atoms with Crippen LogP contribution in [0.5, 0.6) is 0 Å². The van der Waals surface area contributed by atoms with E-state index in [9.17, 15) is 0 Å². The Balaban J connectivity index is 2.00. The molecule has 0 aromatic heterocycles. The van der Waals surface area contributed by atoms with Gasteiger partial charge in [-0.25, -0.2) is 0 Å². The monoisotopic (exact) mass is 231 g/mol. The fourth-order valence-electron chi connectivity index (χ4n) is 2.91. The molecule has 1 atom stereocenters. The van der Waals surface area contributed by atoms with Crippen molar-refractivity contribution in [3.63, 3.8) is 0 Å². The second-order valence-electron chi connectivity index (χ2n) is 5.61. The average Bonchev–Trinajstić information content (AvgIpc) is 2.58. The Morgan fingerprint density at radius 2 is 1.65 bits per heavy atom. The van der Waals surface area contributed by atoms with Crippen molar-refractivity contribution in [2.75, 3.05) is 0 Å². The van der Waals surface area contributed by atoms with Crippen molar-refractivity contribution in [2.24, 2.45) is 5.73 Å². The maximum atomic E-state index is 5.83. The van der Waals surface area contributed by atoms with Crippen LogP contribution in [-0.2, 0) is 6.42 Å². The molecule has 2 N–H and O–H groups in total. The molecule has 94 valence electrons. The first kappa shape index (κ1) is 12.6. The molecule has 0 bridgehead atoms. The fraction of sp³-hybridized carbons (Fsp3) is 0.625. The molecule has 1 aromatic rings. The molecule has 0 radical (unpaired) electrons. The number of nitrogens with two attached hydrogens (primary N) is 1. The van der Waals surface area contributed by atoms with E-state index in [-0.39, 0.29) is 6.04 Å². The molecule has 0 amide bonds. The van der Waals surface area contributed by atoms with Gasteiger partial charge >= 0.3 is 0 Å². The quantitative estimate of drug-likeness (QED) is 0.781. The lowest BCUT2D eigenvalue weighted by molar-refractivity contribution is 0.592. The average molecular weight is 231 g/mol. The van der Waals surface area contributed by atoms with Crippen LogP contribution in [0, 0.1) is 0 Å². The maximum absolute atomic E-state index is 5.83. The lowest BCUT2D eigenvalue weighted by Gasteiger charge is -2.15. The zero-order valence-corrected chi connectivity index (χ0v) is 11.0. The molecule has 0 saturated heterocycles. The van der Waals surface area contributed by atoms with Crippen molar-refractivity contribution in [3.05, 3.63) is 35.4 Å². The van der Waals surface area contributed by atoms with E-state index in [4.69, 9.17) is 5.73 Å². The SMILES string of the molecule is CC(N)Cc1ccc(C2CCCCCC2)cc1. The highest BCUT2D eigenvalue weighted by atomic mass is 14.6. The van der Waals surface area contributed by atoms with Crippen LogP contribution in [0.2, 0.25) is 0 Å². The van der Waals surface area contributed by atoms with Crippen LogP contribution in [-0.4, -0.2) is 6.04 Å². The van der Waals surface area contributed by atoms with Crippen LogP contribution < -0.4 is 5.73 Å². The Bertz CT molecular complexity index is 318. The van der Waals surface area contributed by atoms with Crippen LogP contribution in [0.4, 0.5) is 0 Å². The third kappa shape index (κ3) is 3.85. The zero-order valence-electron chi connectivity index (χ0n) is 11.0. The Morgan fingerprint density at radius 1 is 1.06 bits per heavy atom. The molecule has 1 unspecified atom stereocenters. The normalized spacial score (nSPS) is 19.9. The van der Waals surface area contributed by atoms with Gasteiger partial charge in [0.05, 0.1) is 0 Å². The first-order valence-corrected chi connectivity index (χ1v) is 7.10. The molecule has 1 aromatic carbocycles. The highest BCUT2D eigenvalue weighted by molar-refractivity contribution is 5.26. The van der Waals surface area contributed by atoms with E-state index in [1.165, 1.54) is 44.1 Å². The summed E-state index contributed by atoms with van der Waals surface area (Å²) in [4.78, 5) is 0. The summed E-state index contributed by atoms with van der Waals surface area (Å²) in [7, 11) is 0. The van der Waals surface area contributed by atoms with Crippen molar-refractivity contribution < 1.29 is 0 Å². The minimum absolute atomic E-state index is 0.263. The summed E-state index contributed by atoms with van der Waals surface area (Å²) >= 11 is 0. The second kappa shape index (κ2) is 6.20. The zero-order chi connectivity index (χ0) is 12.1. The van der Waals surface area contributed by atoms with E-state index in [2.05, 4.69) is 31.2 Å². The molecule has 0 spiro atoms. The van der Waals surface area contributed by atoms with Crippen molar-refractivity contribution in [1.82, 2.24) is 0 Å². The summed E-state index contributed by atoms with van der Waals surface area (Å²) in [6, 6.07) is 9.45. The van der Waals surface area contributed by atoms with Gasteiger partial charge in [-0.05, 0) is 43.2 Å². The molecule has 1 aliphatic rings. The molecular weight excluding hydrogens is 206 g/mol. The van der Waals surface area contributed by atoms with Crippen molar-refractivity contribution >= 4 is 0 Å². The largest absolute Gasteiger partial charge is 0.328 e. The first-order chi connectivity index (χ1) is 8.25. The molecule has 0 heterocycles. The lowest BCUT2D eigenvalue weighted by Crippen LogP contribution is -2.17. The molecule has 0 aliphatic heterocycles. The van der Waals surface area contributed by atoms with Crippen LogP contribution in [0.25, 0.3) is 0 Å². The molecule has 1 nitrogen and oxygen atoms in total. The lowest BCUT2D eigenvalue weighted by atomic mass is 9.91. The molecular formula is C16H25N. The van der Waals surface area contributed by atoms with Gasteiger partial charge in [0, 0.05) is 6.04 Å². The van der Waals surface area contributed by atoms with Gasteiger partial charge in [-0.3, -0.25) is 0 Å². The van der Waals surface area contributed by atoms with Gasteiger partial charge < -0.3 is 5.73 Å². The summed E-state index contributed by atoms with van der Waals surface area (Å²) in [5, 5.41) is 0. The summed E-state index contributed by atoms with van der Waals surface area (Å²) in [6.45, 7) is 2.07. The molecule has 1 heteroatoms. The molecule has 2 rings (SSSR count). The highest BCUT2D eigenvalue weighted by Gasteiger charge is 2.14. The van der Waals surface area contributed by atoms with E-state index in [1.807, 2.05) is 0 Å². The van der Waals surface area contributed by atoms with Crippen LogP contribution in [0.15, 0.2) is 24.3 Å². The van der Waals surface area contributed by atoms with Gasteiger partial charge in [0.15, 0.2) is 0 Å². The van der Waals surface area contributed by atoms with Gasteiger partial charge in [-0.1, -0.05) is 49.9 Å². The smallest absolute Gasteiger partial charge is 0.00509 e. The second-order valence-corrected chi connectivity index (χ2v) is 5.61.